The van der Waals surface area contributed by atoms with Gasteiger partial charge in [-0.2, -0.15) is 0 Å². The lowest BCUT2D eigenvalue weighted by molar-refractivity contribution is -0.156. The molecule has 2 aromatic rings. The van der Waals surface area contributed by atoms with E-state index in [-0.39, 0.29) is 63.8 Å². The third-order valence-electron chi connectivity index (χ3n) is 8.28. The molecule has 2 bridgehead atoms. The van der Waals surface area contributed by atoms with Crippen LogP contribution in [-0.4, -0.2) is 44.1 Å². The molecule has 0 unspecified atom stereocenters. The number of aromatic amines is 1. The summed E-state index contributed by atoms with van der Waals surface area (Å²) in [5.41, 5.74) is 0.888. The zero-order valence-corrected chi connectivity index (χ0v) is 20.8. The van der Waals surface area contributed by atoms with Crippen molar-refractivity contribution >= 4 is 40.9 Å². The molecular formula is C25H25FN2O5S2. The van der Waals surface area contributed by atoms with E-state index in [1.165, 1.54) is 12.1 Å². The van der Waals surface area contributed by atoms with Gasteiger partial charge in [-0.1, -0.05) is 37.3 Å². The van der Waals surface area contributed by atoms with Gasteiger partial charge in [-0.3, -0.25) is 19.3 Å². The summed E-state index contributed by atoms with van der Waals surface area (Å²) in [6.45, 7) is 3.76. The summed E-state index contributed by atoms with van der Waals surface area (Å²) in [6.07, 6.45) is 0.946. The second-order valence-electron chi connectivity index (χ2n) is 10.5. The number of imide groups is 1. The average molecular weight is 517 g/mol. The molecule has 4 aliphatic rings. The molecule has 6 rings (SSSR count). The lowest BCUT2D eigenvalue weighted by atomic mass is 9.68. The maximum atomic E-state index is 13.7. The fourth-order valence-electron chi connectivity index (χ4n) is 7.15. The molecule has 3 fully saturated rings. The molecule has 0 spiro atoms. The van der Waals surface area contributed by atoms with Crippen LogP contribution >= 0.6 is 23.1 Å². The number of fused-ring (bicyclic) bond motifs is 9. The number of carbonyl (C=O) groups is 3. The van der Waals surface area contributed by atoms with Crippen molar-refractivity contribution in [3.05, 3.63) is 50.2 Å². The molecule has 2 aliphatic heterocycles. The third kappa shape index (κ3) is 3.28. The normalized spacial score (nSPS) is 33.7. The molecular weight excluding hydrogens is 491 g/mol. The van der Waals surface area contributed by atoms with E-state index in [0.29, 0.717) is 0 Å². The second-order valence-corrected chi connectivity index (χ2v) is 12.7. The Morgan fingerprint density at radius 2 is 1.80 bits per heavy atom. The van der Waals surface area contributed by atoms with E-state index in [4.69, 9.17) is 0 Å². The Balaban J connectivity index is 1.42. The van der Waals surface area contributed by atoms with Gasteiger partial charge < -0.3 is 10.1 Å². The fourth-order valence-corrected chi connectivity index (χ4v) is 10.0. The first kappa shape index (κ1) is 23.0. The number of aliphatic carboxylic acids is 1. The highest BCUT2D eigenvalue weighted by Gasteiger charge is 2.70. The van der Waals surface area contributed by atoms with Crippen molar-refractivity contribution in [2.75, 3.05) is 0 Å². The summed E-state index contributed by atoms with van der Waals surface area (Å²) in [4.78, 5) is 56.3. The van der Waals surface area contributed by atoms with Crippen LogP contribution in [0, 0.1) is 41.3 Å². The second kappa shape index (κ2) is 8.03. The van der Waals surface area contributed by atoms with Crippen LogP contribution in [0.3, 0.4) is 0 Å². The Bertz CT molecular complexity index is 1290. The smallest absolute Gasteiger partial charge is 0.326 e. The van der Waals surface area contributed by atoms with Crippen molar-refractivity contribution in [2.24, 2.45) is 35.5 Å². The van der Waals surface area contributed by atoms with Gasteiger partial charge in [-0.05, 0) is 54.2 Å². The number of nitrogens with zero attached hydrogens (tertiary/aromatic N) is 1. The number of aromatic nitrogens is 1. The van der Waals surface area contributed by atoms with Crippen LogP contribution in [0.4, 0.5) is 4.39 Å². The number of hydrogen-bond donors (Lipinski definition) is 2. The van der Waals surface area contributed by atoms with Crippen LogP contribution in [0.25, 0.3) is 0 Å². The van der Waals surface area contributed by atoms with Crippen LogP contribution < -0.4 is 4.87 Å². The molecule has 1 aromatic heterocycles. The first-order chi connectivity index (χ1) is 16.7. The number of carboxylic acids is 1. The first-order valence-corrected chi connectivity index (χ1v) is 13.6. The van der Waals surface area contributed by atoms with Gasteiger partial charge in [0, 0.05) is 16.0 Å². The standard InChI is InChI=1S/C25H25FN2O5S2/c1-9(2)7-14(24(31)32)28-22(29)17-12-8-13(18(17)23(28)30)19-16(12)15(10-3-5-11(26)6-4-10)20-21(34-19)27-25(33)35-20/h3-6,9,12-19H,7-8H2,1-2H3,(H,27,33)(H,31,32)/t12-,13-,14-,15-,16-,17+,18-,19+/m1/s1. The molecule has 35 heavy (non-hydrogen) atoms. The maximum Gasteiger partial charge on any atom is 0.326 e. The van der Waals surface area contributed by atoms with E-state index in [1.54, 1.807) is 23.9 Å². The minimum atomic E-state index is -1.15. The zero-order chi connectivity index (χ0) is 24.8. The molecule has 2 saturated carbocycles. The Labute approximate surface area is 209 Å². The Kier molecular flexibility index (Phi) is 5.27. The highest BCUT2D eigenvalue weighted by atomic mass is 32.2. The minimum Gasteiger partial charge on any atom is -0.480 e. The topological polar surface area (TPSA) is 108 Å². The molecule has 1 saturated heterocycles. The summed E-state index contributed by atoms with van der Waals surface area (Å²) >= 11 is 2.72. The quantitative estimate of drug-likeness (QED) is 0.589. The van der Waals surface area contributed by atoms with Gasteiger partial charge in [0.25, 0.3) is 0 Å². The van der Waals surface area contributed by atoms with Crippen LogP contribution in [0.2, 0.25) is 0 Å². The van der Waals surface area contributed by atoms with E-state index < -0.39 is 23.8 Å². The van der Waals surface area contributed by atoms with Gasteiger partial charge in [-0.25, -0.2) is 9.18 Å². The predicted molar refractivity (Wildman–Crippen MR) is 128 cm³/mol. The van der Waals surface area contributed by atoms with Crippen molar-refractivity contribution in [1.82, 2.24) is 9.88 Å². The highest BCUT2D eigenvalue weighted by molar-refractivity contribution is 8.00. The molecule has 1 aromatic carbocycles. The molecule has 8 atom stereocenters. The number of benzene rings is 1. The van der Waals surface area contributed by atoms with Crippen LogP contribution in [0.15, 0.2) is 34.1 Å². The van der Waals surface area contributed by atoms with Gasteiger partial charge >= 0.3 is 10.8 Å². The van der Waals surface area contributed by atoms with Crippen LogP contribution in [0.1, 0.15) is 43.0 Å². The number of rotatable bonds is 5. The van der Waals surface area contributed by atoms with Crippen molar-refractivity contribution in [3.63, 3.8) is 0 Å². The molecule has 2 aliphatic carbocycles. The van der Waals surface area contributed by atoms with E-state index >= 15 is 0 Å². The summed E-state index contributed by atoms with van der Waals surface area (Å²) in [5.74, 6) is -3.61. The molecule has 3 heterocycles. The monoisotopic (exact) mass is 516 g/mol. The summed E-state index contributed by atoms with van der Waals surface area (Å²) in [6, 6.07) is 5.14. The first-order valence-electron chi connectivity index (χ1n) is 11.9. The number of thiazole rings is 1. The van der Waals surface area contributed by atoms with Gasteiger partial charge in [0.15, 0.2) is 0 Å². The number of amides is 2. The number of likely N-dealkylation sites (tertiary alicyclic amines) is 1. The largest absolute Gasteiger partial charge is 0.480 e. The third-order valence-corrected chi connectivity index (χ3v) is 10.9. The molecule has 10 heteroatoms. The Morgan fingerprint density at radius 1 is 1.14 bits per heavy atom. The zero-order valence-electron chi connectivity index (χ0n) is 19.1. The Morgan fingerprint density at radius 3 is 2.43 bits per heavy atom. The molecule has 2 N–H and O–H groups in total. The van der Waals surface area contributed by atoms with E-state index in [2.05, 4.69) is 4.98 Å². The molecule has 0 radical (unpaired) electrons. The van der Waals surface area contributed by atoms with Crippen molar-refractivity contribution in [1.29, 1.82) is 0 Å². The summed E-state index contributed by atoms with van der Waals surface area (Å²) < 4.78 is 13.7. The lowest BCUT2D eigenvalue weighted by Crippen LogP contribution is -2.47. The van der Waals surface area contributed by atoms with Crippen molar-refractivity contribution in [2.45, 2.75) is 48.9 Å². The van der Waals surface area contributed by atoms with E-state index in [1.807, 2.05) is 13.8 Å². The van der Waals surface area contributed by atoms with E-state index in [9.17, 15) is 28.7 Å². The number of hydrogen-bond acceptors (Lipinski definition) is 6. The average Bonchev–Trinajstić information content (AvgIpc) is 3.52. The van der Waals surface area contributed by atoms with Gasteiger partial charge in [-0.15, -0.1) is 11.8 Å². The number of H-pyrrole nitrogens is 1. The number of halogens is 1. The van der Waals surface area contributed by atoms with E-state index in [0.717, 1.165) is 38.1 Å². The highest BCUT2D eigenvalue weighted by Crippen LogP contribution is 2.68. The van der Waals surface area contributed by atoms with Crippen LogP contribution in [-0.2, 0) is 14.4 Å². The predicted octanol–water partition coefficient (Wildman–Crippen LogP) is 3.55. The lowest BCUT2D eigenvalue weighted by Gasteiger charge is -2.43. The number of nitrogens with one attached hydrogen (secondary N) is 1. The van der Waals surface area contributed by atoms with Crippen molar-refractivity contribution in [3.8, 4) is 0 Å². The number of carboxylic acid groups (broad SMARTS) is 1. The molecule has 2 amide bonds. The van der Waals surface area contributed by atoms with Gasteiger partial charge in [0.2, 0.25) is 11.8 Å². The summed E-state index contributed by atoms with van der Waals surface area (Å²) in [5, 5.41) is 10.7. The maximum absolute atomic E-state index is 13.7. The molecule has 7 nitrogen and oxygen atoms in total. The Hall–Kier alpha value is -2.46. The van der Waals surface area contributed by atoms with Gasteiger partial charge in [0.05, 0.1) is 16.9 Å². The van der Waals surface area contributed by atoms with Crippen molar-refractivity contribution < 1.29 is 23.9 Å². The SMILES string of the molecule is CC(C)C[C@H](C(=O)O)N1C(=O)[C@@H]2[C@H]3C[C@@H]([C@@H]2C1=O)[C@@H]1[C@@H](c2ccc(F)cc2)c2sc(=O)[nH]c2S[C@@H]31. The number of carbonyl (C=O) groups excluding carboxylic acids is 2. The fraction of sp³-hybridized carbons (Fsp3) is 0.520. The minimum absolute atomic E-state index is 0.000683. The summed E-state index contributed by atoms with van der Waals surface area (Å²) in [7, 11) is 0. The molecule has 184 valence electrons. The van der Waals surface area contributed by atoms with Gasteiger partial charge in [0.1, 0.15) is 11.9 Å². The van der Waals surface area contributed by atoms with Crippen LogP contribution in [0.5, 0.6) is 0 Å². The number of thioether (sulfide) groups is 1.